The molecule has 3 aromatic rings. The second kappa shape index (κ2) is 10.4. The Kier molecular flexibility index (Phi) is 7.66. The first-order valence-electron chi connectivity index (χ1n) is 10.2. The summed E-state index contributed by atoms with van der Waals surface area (Å²) in [6, 6.07) is 17.3. The molecule has 0 bridgehead atoms. The van der Waals surface area contributed by atoms with E-state index in [0.717, 1.165) is 17.4 Å². The summed E-state index contributed by atoms with van der Waals surface area (Å²) in [6.07, 6.45) is 3.40. The van der Waals surface area contributed by atoms with Gasteiger partial charge in [0.15, 0.2) is 0 Å². The van der Waals surface area contributed by atoms with Crippen LogP contribution in [0.5, 0.6) is 5.75 Å². The molecule has 0 unspecified atom stereocenters. The monoisotopic (exact) mass is 456 g/mol. The van der Waals surface area contributed by atoms with Gasteiger partial charge >= 0.3 is 0 Å². The van der Waals surface area contributed by atoms with Crippen LogP contribution >= 0.6 is 0 Å². The molecule has 0 aliphatic carbocycles. The van der Waals surface area contributed by atoms with Crippen molar-refractivity contribution in [3.8, 4) is 17.0 Å². The van der Waals surface area contributed by atoms with Gasteiger partial charge in [-0.15, -0.1) is 0 Å². The van der Waals surface area contributed by atoms with Crippen LogP contribution in [0.4, 0.5) is 0 Å². The van der Waals surface area contributed by atoms with E-state index in [-0.39, 0.29) is 5.91 Å². The maximum absolute atomic E-state index is 13.0. The van der Waals surface area contributed by atoms with E-state index in [9.17, 15) is 13.2 Å². The van der Waals surface area contributed by atoms with E-state index in [0.29, 0.717) is 43.1 Å². The lowest BCUT2D eigenvalue weighted by Crippen LogP contribution is -2.31. The van der Waals surface area contributed by atoms with Gasteiger partial charge in [0.2, 0.25) is 10.0 Å². The summed E-state index contributed by atoms with van der Waals surface area (Å²) in [5.41, 5.74) is 2.86. The first kappa shape index (κ1) is 23.5. The maximum Gasteiger partial charge on any atom is 0.255 e. The molecule has 0 saturated carbocycles. The minimum atomic E-state index is -3.24. The van der Waals surface area contributed by atoms with Gasteiger partial charge in [0.1, 0.15) is 11.4 Å². The standard InChI is InChI=1S/C23H28N4O4S/c1-26(32(3,29)30)14-8-13-24-23(28)21-17-27(16-18-9-5-4-6-10-18)25-22(21)19-11-7-12-20(15-19)31-2/h4-7,9-12,15,17H,8,13-14,16H2,1-3H3,(H,24,28). The van der Waals surface area contributed by atoms with Crippen LogP contribution in [0.3, 0.4) is 0 Å². The third-order valence-electron chi connectivity index (χ3n) is 5.04. The lowest BCUT2D eigenvalue weighted by Gasteiger charge is -2.13. The van der Waals surface area contributed by atoms with E-state index < -0.39 is 10.0 Å². The molecular weight excluding hydrogens is 428 g/mol. The van der Waals surface area contributed by atoms with Crippen molar-refractivity contribution in [1.82, 2.24) is 19.4 Å². The van der Waals surface area contributed by atoms with Crippen molar-refractivity contribution >= 4 is 15.9 Å². The van der Waals surface area contributed by atoms with E-state index in [4.69, 9.17) is 4.74 Å². The number of rotatable bonds is 10. The summed E-state index contributed by atoms with van der Waals surface area (Å²) in [7, 11) is -0.125. The molecule has 32 heavy (non-hydrogen) atoms. The van der Waals surface area contributed by atoms with Gasteiger partial charge in [-0.25, -0.2) is 12.7 Å². The number of nitrogens with one attached hydrogen (secondary N) is 1. The second-order valence-corrected chi connectivity index (χ2v) is 9.59. The van der Waals surface area contributed by atoms with Gasteiger partial charge < -0.3 is 10.1 Å². The fourth-order valence-corrected chi connectivity index (χ4v) is 3.65. The number of benzene rings is 2. The zero-order chi connectivity index (χ0) is 23.1. The van der Waals surface area contributed by atoms with E-state index >= 15 is 0 Å². The minimum Gasteiger partial charge on any atom is -0.497 e. The lowest BCUT2D eigenvalue weighted by atomic mass is 10.1. The van der Waals surface area contributed by atoms with E-state index in [1.165, 1.54) is 11.4 Å². The molecule has 0 radical (unpaired) electrons. The largest absolute Gasteiger partial charge is 0.497 e. The predicted molar refractivity (Wildman–Crippen MR) is 124 cm³/mol. The molecule has 1 amide bonds. The van der Waals surface area contributed by atoms with Crippen molar-refractivity contribution in [2.24, 2.45) is 0 Å². The Hall–Kier alpha value is -3.17. The maximum atomic E-state index is 13.0. The van der Waals surface area contributed by atoms with Crippen molar-refractivity contribution in [2.75, 3.05) is 33.5 Å². The van der Waals surface area contributed by atoms with Crippen molar-refractivity contribution in [3.63, 3.8) is 0 Å². The highest BCUT2D eigenvalue weighted by molar-refractivity contribution is 7.88. The summed E-state index contributed by atoms with van der Waals surface area (Å²) in [5, 5.41) is 7.55. The lowest BCUT2D eigenvalue weighted by molar-refractivity contribution is 0.0953. The Labute approximate surface area is 188 Å². The first-order chi connectivity index (χ1) is 15.3. The molecule has 1 aromatic heterocycles. The fraction of sp³-hybridized carbons (Fsp3) is 0.304. The summed E-state index contributed by atoms with van der Waals surface area (Å²) in [6.45, 7) is 1.21. The quantitative estimate of drug-likeness (QED) is 0.474. The molecule has 0 aliphatic heterocycles. The van der Waals surface area contributed by atoms with Gasteiger partial charge in [-0.2, -0.15) is 5.10 Å². The van der Waals surface area contributed by atoms with Crippen LogP contribution in [-0.2, 0) is 16.6 Å². The molecule has 8 nitrogen and oxygen atoms in total. The van der Waals surface area contributed by atoms with Crippen LogP contribution in [-0.4, -0.2) is 61.9 Å². The van der Waals surface area contributed by atoms with Crippen molar-refractivity contribution in [3.05, 3.63) is 71.9 Å². The fourth-order valence-electron chi connectivity index (χ4n) is 3.19. The number of ether oxygens (including phenoxy) is 1. The average Bonchev–Trinajstić information content (AvgIpc) is 3.20. The van der Waals surface area contributed by atoms with Gasteiger partial charge in [-0.3, -0.25) is 9.48 Å². The van der Waals surface area contributed by atoms with Crippen molar-refractivity contribution < 1.29 is 17.9 Å². The molecular formula is C23H28N4O4S. The van der Waals surface area contributed by atoms with Gasteiger partial charge in [0.25, 0.3) is 5.91 Å². The zero-order valence-corrected chi connectivity index (χ0v) is 19.3. The molecule has 0 atom stereocenters. The highest BCUT2D eigenvalue weighted by Crippen LogP contribution is 2.26. The van der Waals surface area contributed by atoms with Crippen LogP contribution in [0, 0.1) is 0 Å². The Morgan fingerprint density at radius 2 is 1.91 bits per heavy atom. The molecule has 0 aliphatic rings. The third kappa shape index (κ3) is 6.18. The SMILES string of the molecule is COc1cccc(-c2nn(Cc3ccccc3)cc2C(=O)NCCCN(C)S(C)(=O)=O)c1. The molecule has 170 valence electrons. The topological polar surface area (TPSA) is 93.5 Å². The number of carbonyl (C=O) groups is 1. The Morgan fingerprint density at radius 1 is 1.16 bits per heavy atom. The second-order valence-electron chi connectivity index (χ2n) is 7.50. The van der Waals surface area contributed by atoms with E-state index in [1.807, 2.05) is 54.6 Å². The normalized spacial score (nSPS) is 11.5. The molecule has 0 fully saturated rings. The van der Waals surface area contributed by atoms with Crippen LogP contribution in [0.2, 0.25) is 0 Å². The molecule has 2 aromatic carbocycles. The smallest absolute Gasteiger partial charge is 0.255 e. The predicted octanol–water partition coefficient (Wildman–Crippen LogP) is 2.62. The molecule has 1 heterocycles. The van der Waals surface area contributed by atoms with E-state index in [2.05, 4.69) is 10.4 Å². The number of hydrogen-bond donors (Lipinski definition) is 1. The number of nitrogens with zero attached hydrogens (tertiary/aromatic N) is 3. The van der Waals surface area contributed by atoms with Gasteiger partial charge in [-0.05, 0) is 24.1 Å². The Balaban J connectivity index is 1.79. The van der Waals surface area contributed by atoms with E-state index in [1.54, 1.807) is 18.0 Å². The highest BCUT2D eigenvalue weighted by atomic mass is 32.2. The van der Waals surface area contributed by atoms with Crippen LogP contribution < -0.4 is 10.1 Å². The molecule has 0 saturated heterocycles. The minimum absolute atomic E-state index is 0.260. The number of carbonyl (C=O) groups excluding carboxylic acids is 1. The summed E-state index contributed by atoms with van der Waals surface area (Å²) in [4.78, 5) is 13.0. The summed E-state index contributed by atoms with van der Waals surface area (Å²) >= 11 is 0. The van der Waals surface area contributed by atoms with Gasteiger partial charge in [0.05, 0.1) is 25.5 Å². The number of methoxy groups -OCH3 is 1. The van der Waals surface area contributed by atoms with Gasteiger partial charge in [-0.1, -0.05) is 42.5 Å². The number of amides is 1. The zero-order valence-electron chi connectivity index (χ0n) is 18.5. The van der Waals surface area contributed by atoms with Crippen LogP contribution in [0.15, 0.2) is 60.8 Å². The average molecular weight is 457 g/mol. The molecule has 1 N–H and O–H groups in total. The van der Waals surface area contributed by atoms with Crippen LogP contribution in [0.25, 0.3) is 11.3 Å². The molecule has 9 heteroatoms. The van der Waals surface area contributed by atoms with Gasteiger partial charge in [0, 0.05) is 31.9 Å². The molecule has 0 spiro atoms. The number of hydrogen-bond acceptors (Lipinski definition) is 5. The number of aromatic nitrogens is 2. The first-order valence-corrected chi connectivity index (χ1v) is 12.1. The highest BCUT2D eigenvalue weighted by Gasteiger charge is 2.19. The third-order valence-corrected chi connectivity index (χ3v) is 6.35. The Morgan fingerprint density at radius 3 is 2.59 bits per heavy atom. The van der Waals surface area contributed by atoms with Crippen LogP contribution in [0.1, 0.15) is 22.3 Å². The molecule has 3 rings (SSSR count). The summed E-state index contributed by atoms with van der Waals surface area (Å²) in [5.74, 6) is 0.416. The Bertz CT molecular complexity index is 1160. The van der Waals surface area contributed by atoms with Crippen molar-refractivity contribution in [1.29, 1.82) is 0 Å². The summed E-state index contributed by atoms with van der Waals surface area (Å²) < 4.78 is 31.3. The van der Waals surface area contributed by atoms with Crippen molar-refractivity contribution in [2.45, 2.75) is 13.0 Å². The number of sulfonamides is 1.